The lowest BCUT2D eigenvalue weighted by Gasteiger charge is -2.05. The van der Waals surface area contributed by atoms with Crippen LogP contribution in [0, 0.1) is 0 Å². The van der Waals surface area contributed by atoms with Crippen LogP contribution in [0.4, 0.5) is 13.2 Å². The van der Waals surface area contributed by atoms with Gasteiger partial charge in [-0.05, 0) is 29.8 Å². The summed E-state index contributed by atoms with van der Waals surface area (Å²) in [5.41, 5.74) is 0.127. The van der Waals surface area contributed by atoms with E-state index in [4.69, 9.17) is 0 Å². The van der Waals surface area contributed by atoms with E-state index in [1.165, 1.54) is 18.3 Å². The SMILES string of the molecule is O=C(/N=C/c1ccc(C(F)(F)F)cc1)c1ccccc1. The van der Waals surface area contributed by atoms with Crippen LogP contribution in [0.25, 0.3) is 0 Å². The third-order valence-corrected chi connectivity index (χ3v) is 2.59. The third kappa shape index (κ3) is 3.54. The summed E-state index contributed by atoms with van der Waals surface area (Å²) in [5, 5.41) is 0. The molecule has 2 rings (SSSR count). The second-order valence-corrected chi connectivity index (χ2v) is 4.05. The number of alkyl halides is 3. The summed E-state index contributed by atoms with van der Waals surface area (Å²) in [5.74, 6) is -0.439. The van der Waals surface area contributed by atoms with E-state index in [2.05, 4.69) is 4.99 Å². The Hall–Kier alpha value is -2.43. The zero-order valence-electron chi connectivity index (χ0n) is 10.3. The Morgan fingerprint density at radius 3 is 2.10 bits per heavy atom. The van der Waals surface area contributed by atoms with E-state index in [0.29, 0.717) is 11.1 Å². The largest absolute Gasteiger partial charge is 0.416 e. The van der Waals surface area contributed by atoms with Crippen molar-refractivity contribution in [3.05, 3.63) is 71.3 Å². The van der Waals surface area contributed by atoms with Gasteiger partial charge in [-0.2, -0.15) is 13.2 Å². The summed E-state index contributed by atoms with van der Waals surface area (Å²) in [6.07, 6.45) is -3.12. The molecule has 2 aromatic rings. The lowest BCUT2D eigenvalue weighted by Crippen LogP contribution is -2.04. The van der Waals surface area contributed by atoms with Crippen molar-refractivity contribution in [2.24, 2.45) is 4.99 Å². The highest BCUT2D eigenvalue weighted by atomic mass is 19.4. The molecule has 0 aliphatic carbocycles. The summed E-state index contributed by atoms with van der Waals surface area (Å²) in [4.78, 5) is 15.4. The molecule has 0 heterocycles. The molecule has 0 aromatic heterocycles. The highest BCUT2D eigenvalue weighted by molar-refractivity contribution is 6.01. The Morgan fingerprint density at radius 1 is 0.950 bits per heavy atom. The monoisotopic (exact) mass is 277 g/mol. The van der Waals surface area contributed by atoms with Crippen molar-refractivity contribution in [1.29, 1.82) is 0 Å². The molecule has 0 N–H and O–H groups in total. The Bertz CT molecular complexity index is 616. The van der Waals surface area contributed by atoms with E-state index >= 15 is 0 Å². The van der Waals surface area contributed by atoms with Crippen molar-refractivity contribution in [2.45, 2.75) is 6.18 Å². The van der Waals surface area contributed by atoms with Crippen molar-refractivity contribution >= 4 is 12.1 Å². The first-order chi connectivity index (χ1) is 9.47. The molecule has 1 amide bonds. The van der Waals surface area contributed by atoms with Gasteiger partial charge in [0, 0.05) is 11.8 Å². The number of hydrogen-bond donors (Lipinski definition) is 0. The van der Waals surface area contributed by atoms with Crippen molar-refractivity contribution in [1.82, 2.24) is 0 Å². The average molecular weight is 277 g/mol. The molecule has 0 saturated heterocycles. The zero-order chi connectivity index (χ0) is 14.6. The number of benzene rings is 2. The van der Waals surface area contributed by atoms with Crippen LogP contribution in [0.15, 0.2) is 59.6 Å². The van der Waals surface area contributed by atoms with Gasteiger partial charge in [0.15, 0.2) is 0 Å². The zero-order valence-corrected chi connectivity index (χ0v) is 10.3. The minimum atomic E-state index is -4.37. The molecule has 0 aliphatic rings. The lowest BCUT2D eigenvalue weighted by atomic mass is 10.1. The minimum Gasteiger partial charge on any atom is -0.267 e. The van der Waals surface area contributed by atoms with Crippen molar-refractivity contribution in [3.63, 3.8) is 0 Å². The van der Waals surface area contributed by atoms with Crippen molar-refractivity contribution in [3.8, 4) is 0 Å². The van der Waals surface area contributed by atoms with Crippen LogP contribution in [0.3, 0.4) is 0 Å². The van der Waals surface area contributed by atoms with Crippen LogP contribution in [0.2, 0.25) is 0 Å². The number of amides is 1. The number of rotatable bonds is 2. The number of carbonyl (C=O) groups is 1. The summed E-state index contributed by atoms with van der Waals surface area (Å²) in [7, 11) is 0. The summed E-state index contributed by atoms with van der Waals surface area (Å²) >= 11 is 0. The second kappa shape index (κ2) is 5.69. The summed E-state index contributed by atoms with van der Waals surface area (Å²) in [6.45, 7) is 0. The van der Waals surface area contributed by atoms with Crippen LogP contribution in [-0.2, 0) is 6.18 Å². The fourth-order valence-electron chi connectivity index (χ4n) is 1.55. The lowest BCUT2D eigenvalue weighted by molar-refractivity contribution is -0.137. The first kappa shape index (κ1) is 14.0. The topological polar surface area (TPSA) is 29.4 Å². The van der Waals surface area contributed by atoms with E-state index in [1.807, 2.05) is 0 Å². The van der Waals surface area contributed by atoms with E-state index in [0.717, 1.165) is 12.1 Å². The molecule has 20 heavy (non-hydrogen) atoms. The maximum absolute atomic E-state index is 12.4. The predicted molar refractivity (Wildman–Crippen MR) is 69.8 cm³/mol. The quantitative estimate of drug-likeness (QED) is 0.764. The van der Waals surface area contributed by atoms with Crippen LogP contribution in [0.1, 0.15) is 21.5 Å². The standard InChI is InChI=1S/C15H10F3NO/c16-15(17,18)13-8-6-11(7-9-13)10-19-14(20)12-4-2-1-3-5-12/h1-10H/b19-10+. The normalized spacial score (nSPS) is 11.8. The molecule has 0 atom stereocenters. The Labute approximate surface area is 113 Å². The van der Waals surface area contributed by atoms with Gasteiger partial charge in [0.25, 0.3) is 5.91 Å². The molecular formula is C15H10F3NO. The molecule has 0 unspecified atom stereocenters. The van der Waals surface area contributed by atoms with Gasteiger partial charge >= 0.3 is 6.18 Å². The van der Waals surface area contributed by atoms with Crippen molar-refractivity contribution in [2.75, 3.05) is 0 Å². The Morgan fingerprint density at radius 2 is 1.55 bits per heavy atom. The van der Waals surface area contributed by atoms with E-state index in [1.54, 1.807) is 30.3 Å². The predicted octanol–water partition coefficient (Wildman–Crippen LogP) is 3.96. The number of halogens is 3. The molecular weight excluding hydrogens is 267 g/mol. The van der Waals surface area contributed by atoms with Gasteiger partial charge in [-0.25, -0.2) is 4.99 Å². The first-order valence-electron chi connectivity index (χ1n) is 5.77. The average Bonchev–Trinajstić information content (AvgIpc) is 2.45. The summed E-state index contributed by atoms with van der Waals surface area (Å²) in [6, 6.07) is 12.9. The van der Waals surface area contributed by atoms with E-state index in [-0.39, 0.29) is 0 Å². The molecule has 2 aromatic carbocycles. The molecule has 0 aliphatic heterocycles. The van der Waals surface area contributed by atoms with Crippen LogP contribution in [-0.4, -0.2) is 12.1 Å². The summed E-state index contributed by atoms with van der Waals surface area (Å²) < 4.78 is 37.1. The van der Waals surface area contributed by atoms with Crippen LogP contribution in [0.5, 0.6) is 0 Å². The number of carbonyl (C=O) groups excluding carboxylic acids is 1. The van der Waals surface area contributed by atoms with Crippen LogP contribution < -0.4 is 0 Å². The second-order valence-electron chi connectivity index (χ2n) is 4.05. The molecule has 0 radical (unpaired) electrons. The first-order valence-corrected chi connectivity index (χ1v) is 5.77. The van der Waals surface area contributed by atoms with E-state index in [9.17, 15) is 18.0 Å². The fourth-order valence-corrected chi connectivity index (χ4v) is 1.55. The van der Waals surface area contributed by atoms with Gasteiger partial charge < -0.3 is 0 Å². The van der Waals surface area contributed by atoms with E-state index < -0.39 is 17.6 Å². The highest BCUT2D eigenvalue weighted by Crippen LogP contribution is 2.28. The fraction of sp³-hybridized carbons (Fsp3) is 0.0667. The maximum Gasteiger partial charge on any atom is 0.416 e. The highest BCUT2D eigenvalue weighted by Gasteiger charge is 2.29. The Balaban J connectivity index is 2.11. The van der Waals surface area contributed by atoms with Gasteiger partial charge in [0.1, 0.15) is 0 Å². The number of nitrogens with zero attached hydrogens (tertiary/aromatic N) is 1. The molecule has 2 nitrogen and oxygen atoms in total. The number of hydrogen-bond acceptors (Lipinski definition) is 1. The van der Waals surface area contributed by atoms with Gasteiger partial charge in [-0.3, -0.25) is 4.79 Å². The third-order valence-electron chi connectivity index (χ3n) is 2.59. The minimum absolute atomic E-state index is 0.427. The maximum atomic E-state index is 12.4. The van der Waals surface area contributed by atoms with Gasteiger partial charge in [-0.15, -0.1) is 0 Å². The number of aliphatic imine (C=N–C) groups is 1. The molecule has 102 valence electrons. The molecule has 0 saturated carbocycles. The van der Waals surface area contributed by atoms with Crippen molar-refractivity contribution < 1.29 is 18.0 Å². The molecule has 5 heteroatoms. The van der Waals surface area contributed by atoms with Gasteiger partial charge in [-0.1, -0.05) is 30.3 Å². The Kier molecular flexibility index (Phi) is 3.98. The van der Waals surface area contributed by atoms with Gasteiger partial charge in [0.2, 0.25) is 0 Å². The van der Waals surface area contributed by atoms with Crippen LogP contribution >= 0.6 is 0 Å². The smallest absolute Gasteiger partial charge is 0.267 e. The van der Waals surface area contributed by atoms with Gasteiger partial charge in [0.05, 0.1) is 5.56 Å². The molecule has 0 spiro atoms. The molecule has 0 bridgehead atoms. The molecule has 0 fully saturated rings.